The first-order chi connectivity index (χ1) is 7.14. The summed E-state index contributed by atoms with van der Waals surface area (Å²) in [6.07, 6.45) is 3.42. The minimum absolute atomic E-state index is 0.328. The minimum Gasteiger partial charge on any atom is -0.385 e. The molecule has 1 rings (SSSR count). The number of ether oxygens (including phenoxy) is 2. The van der Waals surface area contributed by atoms with Crippen LogP contribution >= 0.6 is 0 Å². The van der Waals surface area contributed by atoms with Crippen LogP contribution in [0, 0.1) is 5.41 Å². The van der Waals surface area contributed by atoms with Crippen LogP contribution in [-0.4, -0.2) is 39.5 Å². The van der Waals surface area contributed by atoms with Crippen LogP contribution in [0.5, 0.6) is 0 Å². The van der Waals surface area contributed by atoms with Crippen molar-refractivity contribution in [3.8, 4) is 0 Å². The third-order valence-corrected chi connectivity index (χ3v) is 3.07. The van der Waals surface area contributed by atoms with E-state index >= 15 is 0 Å². The first-order valence-corrected chi connectivity index (χ1v) is 5.94. The van der Waals surface area contributed by atoms with Gasteiger partial charge >= 0.3 is 0 Å². The Kier molecular flexibility index (Phi) is 5.58. The van der Waals surface area contributed by atoms with Crippen molar-refractivity contribution in [3.63, 3.8) is 0 Å². The highest BCUT2D eigenvalue weighted by Gasteiger charge is 2.20. The minimum atomic E-state index is 0.328. The quantitative estimate of drug-likeness (QED) is 0.733. The molecule has 1 fully saturated rings. The van der Waals surface area contributed by atoms with E-state index in [9.17, 15) is 0 Å². The summed E-state index contributed by atoms with van der Waals surface area (Å²) in [4.78, 5) is 0. The highest BCUT2D eigenvalue weighted by molar-refractivity contribution is 4.76. The summed E-state index contributed by atoms with van der Waals surface area (Å²) in [5.74, 6) is 0. The Bertz CT molecular complexity index is 165. The molecule has 1 saturated heterocycles. The average molecular weight is 215 g/mol. The Balaban J connectivity index is 2.15. The van der Waals surface area contributed by atoms with Crippen LogP contribution in [0.1, 0.15) is 33.1 Å². The molecule has 0 aromatic rings. The van der Waals surface area contributed by atoms with E-state index in [1.165, 1.54) is 0 Å². The highest BCUT2D eigenvalue weighted by atomic mass is 16.5. The maximum absolute atomic E-state index is 5.34. The maximum Gasteiger partial charge on any atom is 0.0480 e. The van der Waals surface area contributed by atoms with Gasteiger partial charge in [-0.15, -0.1) is 0 Å². The second kappa shape index (κ2) is 6.46. The zero-order valence-corrected chi connectivity index (χ0v) is 10.3. The second-order valence-electron chi connectivity index (χ2n) is 5.17. The lowest BCUT2D eigenvalue weighted by Gasteiger charge is -2.30. The van der Waals surface area contributed by atoms with Crippen LogP contribution in [0.2, 0.25) is 0 Å². The fourth-order valence-corrected chi connectivity index (χ4v) is 1.79. The van der Waals surface area contributed by atoms with E-state index in [-0.39, 0.29) is 0 Å². The Morgan fingerprint density at radius 3 is 2.60 bits per heavy atom. The first-order valence-electron chi connectivity index (χ1n) is 5.94. The molecule has 0 saturated carbocycles. The van der Waals surface area contributed by atoms with E-state index < -0.39 is 0 Å². The molecule has 0 aromatic carbocycles. The Labute approximate surface area is 93.5 Å². The van der Waals surface area contributed by atoms with Crippen molar-refractivity contribution in [1.29, 1.82) is 0 Å². The molecule has 0 unspecified atom stereocenters. The van der Waals surface area contributed by atoms with Gasteiger partial charge in [0, 0.05) is 39.5 Å². The molecular formula is C12H25NO2. The van der Waals surface area contributed by atoms with Gasteiger partial charge in [0.15, 0.2) is 0 Å². The van der Waals surface area contributed by atoms with Crippen molar-refractivity contribution >= 4 is 0 Å². The standard InChI is InChI=1S/C12H25NO2/c1-12(2,6-9-14-3)10-13-11-4-7-15-8-5-11/h11,13H,4-10H2,1-3H3. The van der Waals surface area contributed by atoms with Crippen LogP contribution in [0.4, 0.5) is 0 Å². The molecule has 0 amide bonds. The van der Waals surface area contributed by atoms with Crippen molar-refractivity contribution in [2.24, 2.45) is 5.41 Å². The number of hydrogen-bond donors (Lipinski definition) is 1. The van der Waals surface area contributed by atoms with Gasteiger partial charge in [-0.25, -0.2) is 0 Å². The van der Waals surface area contributed by atoms with Gasteiger partial charge in [-0.3, -0.25) is 0 Å². The second-order valence-corrected chi connectivity index (χ2v) is 5.17. The molecule has 0 aliphatic carbocycles. The summed E-state index contributed by atoms with van der Waals surface area (Å²) >= 11 is 0. The summed E-state index contributed by atoms with van der Waals surface area (Å²) in [7, 11) is 1.77. The summed E-state index contributed by atoms with van der Waals surface area (Å²) in [6, 6.07) is 0.653. The molecule has 0 aromatic heterocycles. The summed E-state index contributed by atoms with van der Waals surface area (Å²) in [6.45, 7) is 8.33. The van der Waals surface area contributed by atoms with Crippen molar-refractivity contribution in [3.05, 3.63) is 0 Å². The van der Waals surface area contributed by atoms with Crippen LogP contribution in [-0.2, 0) is 9.47 Å². The molecule has 0 spiro atoms. The maximum atomic E-state index is 5.34. The van der Waals surface area contributed by atoms with Gasteiger partial charge in [0.1, 0.15) is 0 Å². The normalized spacial score (nSPS) is 19.4. The molecule has 0 atom stereocenters. The van der Waals surface area contributed by atoms with E-state index in [0.29, 0.717) is 11.5 Å². The van der Waals surface area contributed by atoms with E-state index in [0.717, 1.165) is 45.6 Å². The van der Waals surface area contributed by atoms with Crippen molar-refractivity contribution in [2.45, 2.75) is 39.2 Å². The predicted molar refractivity (Wildman–Crippen MR) is 62.1 cm³/mol. The average Bonchev–Trinajstić information content (AvgIpc) is 2.25. The fraction of sp³-hybridized carbons (Fsp3) is 1.00. The van der Waals surface area contributed by atoms with Crippen molar-refractivity contribution in [2.75, 3.05) is 33.5 Å². The summed E-state index contributed by atoms with van der Waals surface area (Å²) in [5, 5.41) is 3.64. The van der Waals surface area contributed by atoms with Gasteiger partial charge in [-0.2, -0.15) is 0 Å². The molecule has 0 bridgehead atoms. The number of hydrogen-bond acceptors (Lipinski definition) is 3. The zero-order valence-electron chi connectivity index (χ0n) is 10.3. The number of nitrogens with one attached hydrogen (secondary N) is 1. The zero-order chi connectivity index (χ0) is 11.1. The molecule has 1 heterocycles. The van der Waals surface area contributed by atoms with Gasteiger partial charge in [0.25, 0.3) is 0 Å². The molecule has 1 N–H and O–H groups in total. The van der Waals surface area contributed by atoms with Crippen LogP contribution in [0.15, 0.2) is 0 Å². The monoisotopic (exact) mass is 215 g/mol. The van der Waals surface area contributed by atoms with E-state index in [4.69, 9.17) is 9.47 Å². The lowest BCUT2D eigenvalue weighted by atomic mass is 9.89. The highest BCUT2D eigenvalue weighted by Crippen LogP contribution is 2.19. The van der Waals surface area contributed by atoms with E-state index in [2.05, 4.69) is 19.2 Å². The van der Waals surface area contributed by atoms with Crippen molar-refractivity contribution < 1.29 is 9.47 Å². The third kappa shape index (κ3) is 5.50. The molecule has 3 heteroatoms. The Hall–Kier alpha value is -0.120. The molecule has 15 heavy (non-hydrogen) atoms. The molecule has 3 nitrogen and oxygen atoms in total. The van der Waals surface area contributed by atoms with Crippen LogP contribution in [0.25, 0.3) is 0 Å². The molecular weight excluding hydrogens is 190 g/mol. The summed E-state index contributed by atoms with van der Waals surface area (Å²) < 4.78 is 10.5. The predicted octanol–water partition coefficient (Wildman–Crippen LogP) is 1.82. The van der Waals surface area contributed by atoms with Crippen LogP contribution in [0.3, 0.4) is 0 Å². The SMILES string of the molecule is COCCC(C)(C)CNC1CCOCC1. The van der Waals surface area contributed by atoms with Gasteiger partial charge < -0.3 is 14.8 Å². The fourth-order valence-electron chi connectivity index (χ4n) is 1.79. The first kappa shape index (κ1) is 12.9. The summed E-state index contributed by atoms with van der Waals surface area (Å²) in [5.41, 5.74) is 0.328. The largest absolute Gasteiger partial charge is 0.385 e. The Morgan fingerprint density at radius 2 is 2.00 bits per heavy atom. The molecule has 90 valence electrons. The number of rotatable bonds is 6. The molecule has 1 aliphatic heterocycles. The lowest BCUT2D eigenvalue weighted by molar-refractivity contribution is 0.0731. The Morgan fingerprint density at radius 1 is 1.33 bits per heavy atom. The topological polar surface area (TPSA) is 30.5 Å². The smallest absolute Gasteiger partial charge is 0.0480 e. The molecule has 0 radical (unpaired) electrons. The van der Waals surface area contributed by atoms with Gasteiger partial charge in [-0.05, 0) is 24.7 Å². The van der Waals surface area contributed by atoms with Crippen molar-refractivity contribution in [1.82, 2.24) is 5.32 Å². The van der Waals surface area contributed by atoms with E-state index in [1.54, 1.807) is 7.11 Å². The van der Waals surface area contributed by atoms with Gasteiger partial charge in [0.2, 0.25) is 0 Å². The van der Waals surface area contributed by atoms with E-state index in [1.807, 2.05) is 0 Å². The molecule has 1 aliphatic rings. The van der Waals surface area contributed by atoms with Gasteiger partial charge in [-0.1, -0.05) is 13.8 Å². The van der Waals surface area contributed by atoms with Gasteiger partial charge in [0.05, 0.1) is 0 Å². The number of methoxy groups -OCH3 is 1. The third-order valence-electron chi connectivity index (χ3n) is 3.07. The van der Waals surface area contributed by atoms with Crippen LogP contribution < -0.4 is 5.32 Å². The lowest BCUT2D eigenvalue weighted by Crippen LogP contribution is -2.40.